The topological polar surface area (TPSA) is 58.6 Å². The summed E-state index contributed by atoms with van der Waals surface area (Å²) in [5.74, 6) is -1.42. The van der Waals surface area contributed by atoms with E-state index in [0.717, 1.165) is 30.9 Å². The Morgan fingerprint density at radius 2 is 1.69 bits per heavy atom. The van der Waals surface area contributed by atoms with Gasteiger partial charge in [0, 0.05) is 24.5 Å². The Morgan fingerprint density at radius 3 is 2.24 bits per heavy atom. The van der Waals surface area contributed by atoms with Gasteiger partial charge in [-0.2, -0.15) is 13.2 Å². The minimum Gasteiger partial charge on any atom is -0.449 e. The molecule has 2 rings (SSSR count). The number of amides is 1. The number of esters is 1. The summed E-state index contributed by atoms with van der Waals surface area (Å²) < 4.78 is 43.4. The van der Waals surface area contributed by atoms with Crippen LogP contribution in [0, 0.1) is 0 Å². The van der Waals surface area contributed by atoms with Gasteiger partial charge >= 0.3 is 12.1 Å². The molecular weight excluding hydrogens is 385 g/mol. The number of hydrogen-bond acceptors (Lipinski definition) is 4. The summed E-state index contributed by atoms with van der Waals surface area (Å²) in [7, 11) is 0. The first kappa shape index (κ1) is 22.3. The maximum atomic E-state index is 12.8. The minimum atomic E-state index is -4.52. The molecule has 1 amide bonds. The second-order valence-electron chi connectivity index (χ2n) is 6.33. The Balaban J connectivity index is 1.99. The maximum Gasteiger partial charge on any atom is 0.416 e. The van der Waals surface area contributed by atoms with Crippen LogP contribution in [0.4, 0.5) is 24.5 Å². The van der Waals surface area contributed by atoms with E-state index in [1.165, 1.54) is 19.1 Å². The highest BCUT2D eigenvalue weighted by molar-refractivity contribution is 5.97. The molecular formula is C21H23F3N2O3. The lowest BCUT2D eigenvalue weighted by atomic mass is 10.2. The number of nitrogens with zero attached hydrogens (tertiary/aromatic N) is 1. The van der Waals surface area contributed by atoms with E-state index in [2.05, 4.69) is 10.2 Å². The van der Waals surface area contributed by atoms with E-state index in [4.69, 9.17) is 4.74 Å². The normalized spacial score (nSPS) is 12.2. The summed E-state index contributed by atoms with van der Waals surface area (Å²) in [6, 6.07) is 11.0. The molecule has 0 fully saturated rings. The Morgan fingerprint density at radius 1 is 1.07 bits per heavy atom. The van der Waals surface area contributed by atoms with Gasteiger partial charge in [0.25, 0.3) is 5.91 Å². The molecule has 5 nitrogen and oxygen atoms in total. The van der Waals surface area contributed by atoms with Crippen molar-refractivity contribution in [1.82, 2.24) is 0 Å². The van der Waals surface area contributed by atoms with E-state index >= 15 is 0 Å². The molecule has 1 N–H and O–H groups in total. The van der Waals surface area contributed by atoms with E-state index in [9.17, 15) is 22.8 Å². The van der Waals surface area contributed by atoms with Crippen molar-refractivity contribution in [2.24, 2.45) is 0 Å². The van der Waals surface area contributed by atoms with Gasteiger partial charge in [0.05, 0.1) is 11.1 Å². The lowest BCUT2D eigenvalue weighted by Crippen LogP contribution is -2.30. The molecule has 8 heteroatoms. The van der Waals surface area contributed by atoms with Gasteiger partial charge in [-0.25, -0.2) is 4.79 Å². The van der Waals surface area contributed by atoms with E-state index in [1.807, 2.05) is 13.8 Å². The second-order valence-corrected chi connectivity index (χ2v) is 6.33. The molecule has 0 saturated heterocycles. The Bertz CT molecular complexity index is 847. The molecule has 1 atom stereocenters. The number of ether oxygens (including phenoxy) is 1. The highest BCUT2D eigenvalue weighted by Gasteiger charge is 2.30. The number of carbonyl (C=O) groups is 2. The number of halogens is 3. The van der Waals surface area contributed by atoms with E-state index in [1.54, 1.807) is 24.3 Å². The van der Waals surface area contributed by atoms with Crippen LogP contribution in [0.25, 0.3) is 0 Å². The third kappa shape index (κ3) is 5.97. The smallest absolute Gasteiger partial charge is 0.416 e. The van der Waals surface area contributed by atoms with Crippen molar-refractivity contribution in [1.29, 1.82) is 0 Å². The van der Waals surface area contributed by atoms with Crippen LogP contribution in [0.2, 0.25) is 0 Å². The van der Waals surface area contributed by atoms with Crippen LogP contribution in [-0.2, 0) is 15.7 Å². The molecule has 0 unspecified atom stereocenters. The van der Waals surface area contributed by atoms with Crippen molar-refractivity contribution >= 4 is 23.3 Å². The fourth-order valence-electron chi connectivity index (χ4n) is 2.70. The molecule has 2 aromatic rings. The molecule has 156 valence electrons. The Kier molecular flexibility index (Phi) is 7.25. The molecule has 0 saturated carbocycles. The van der Waals surface area contributed by atoms with Crippen LogP contribution in [-0.4, -0.2) is 31.1 Å². The van der Waals surface area contributed by atoms with Crippen molar-refractivity contribution < 1.29 is 27.5 Å². The van der Waals surface area contributed by atoms with Crippen LogP contribution >= 0.6 is 0 Å². The van der Waals surface area contributed by atoms with E-state index in [0.29, 0.717) is 0 Å². The molecule has 0 aromatic heterocycles. The number of carbonyl (C=O) groups excluding carboxylic acids is 2. The SMILES string of the molecule is CCN(CC)c1ccc(C(=O)O[C@H](C)C(=O)Nc2cccc(C(F)(F)F)c2)cc1. The van der Waals surface area contributed by atoms with Crippen LogP contribution in [0.1, 0.15) is 36.7 Å². The fraction of sp³-hybridized carbons (Fsp3) is 0.333. The number of nitrogens with one attached hydrogen (secondary N) is 1. The van der Waals surface area contributed by atoms with Crippen LogP contribution in [0.15, 0.2) is 48.5 Å². The molecule has 0 aliphatic rings. The van der Waals surface area contributed by atoms with Gasteiger partial charge in [0.2, 0.25) is 0 Å². The Labute approximate surface area is 167 Å². The zero-order chi connectivity index (χ0) is 21.6. The lowest BCUT2D eigenvalue weighted by Gasteiger charge is -2.21. The molecule has 0 radical (unpaired) electrons. The molecule has 0 bridgehead atoms. The number of anilines is 2. The quantitative estimate of drug-likeness (QED) is 0.673. The predicted octanol–water partition coefficient (Wildman–Crippen LogP) is 4.74. The molecule has 2 aromatic carbocycles. The van der Waals surface area contributed by atoms with Gasteiger partial charge in [0.1, 0.15) is 0 Å². The summed E-state index contributed by atoms with van der Waals surface area (Å²) in [6.45, 7) is 7.05. The zero-order valence-electron chi connectivity index (χ0n) is 16.4. The molecule has 0 spiro atoms. The number of benzene rings is 2. The largest absolute Gasteiger partial charge is 0.449 e. The summed E-state index contributed by atoms with van der Waals surface area (Å²) in [6.07, 6.45) is -5.70. The first-order chi connectivity index (χ1) is 13.7. The molecule has 0 heterocycles. The zero-order valence-corrected chi connectivity index (χ0v) is 16.4. The van der Waals surface area contributed by atoms with Crippen molar-refractivity contribution in [3.8, 4) is 0 Å². The standard InChI is InChI=1S/C21H23F3N2O3/c1-4-26(5-2)18-11-9-15(10-12-18)20(28)29-14(3)19(27)25-17-8-6-7-16(13-17)21(22,23)24/h6-14H,4-5H2,1-3H3,(H,25,27)/t14-/m1/s1. The Hall–Kier alpha value is -3.03. The third-order valence-electron chi connectivity index (χ3n) is 4.34. The number of alkyl halides is 3. The van der Waals surface area contributed by atoms with Gasteiger partial charge in [0.15, 0.2) is 6.10 Å². The highest BCUT2D eigenvalue weighted by atomic mass is 19.4. The van der Waals surface area contributed by atoms with Gasteiger partial charge in [-0.1, -0.05) is 6.07 Å². The summed E-state index contributed by atoms with van der Waals surface area (Å²) >= 11 is 0. The van der Waals surface area contributed by atoms with Gasteiger partial charge in [-0.15, -0.1) is 0 Å². The second kappa shape index (κ2) is 9.45. The van der Waals surface area contributed by atoms with Gasteiger partial charge < -0.3 is 15.0 Å². The number of hydrogen-bond donors (Lipinski definition) is 1. The van der Waals surface area contributed by atoms with Gasteiger partial charge in [-0.3, -0.25) is 4.79 Å². The average molecular weight is 408 g/mol. The summed E-state index contributed by atoms with van der Waals surface area (Å²) in [5, 5.41) is 2.33. The van der Waals surface area contributed by atoms with E-state index in [-0.39, 0.29) is 11.3 Å². The van der Waals surface area contributed by atoms with Gasteiger partial charge in [-0.05, 0) is 63.2 Å². The minimum absolute atomic E-state index is 0.0312. The van der Waals surface area contributed by atoms with Crippen molar-refractivity contribution in [3.05, 3.63) is 59.7 Å². The fourth-order valence-corrected chi connectivity index (χ4v) is 2.70. The number of rotatable bonds is 7. The van der Waals surface area contributed by atoms with E-state index < -0.39 is 29.7 Å². The van der Waals surface area contributed by atoms with Crippen LogP contribution < -0.4 is 10.2 Å². The van der Waals surface area contributed by atoms with Crippen molar-refractivity contribution in [2.45, 2.75) is 33.1 Å². The highest BCUT2D eigenvalue weighted by Crippen LogP contribution is 2.30. The molecule has 0 aliphatic carbocycles. The monoisotopic (exact) mass is 408 g/mol. The first-order valence-corrected chi connectivity index (χ1v) is 9.19. The molecule has 0 aliphatic heterocycles. The third-order valence-corrected chi connectivity index (χ3v) is 4.34. The average Bonchev–Trinajstić information content (AvgIpc) is 2.69. The van der Waals surface area contributed by atoms with Crippen molar-refractivity contribution in [2.75, 3.05) is 23.3 Å². The molecule has 29 heavy (non-hydrogen) atoms. The van der Waals surface area contributed by atoms with Crippen LogP contribution in [0.5, 0.6) is 0 Å². The van der Waals surface area contributed by atoms with Crippen molar-refractivity contribution in [3.63, 3.8) is 0 Å². The first-order valence-electron chi connectivity index (χ1n) is 9.19. The van der Waals surface area contributed by atoms with Crippen LogP contribution in [0.3, 0.4) is 0 Å². The predicted molar refractivity (Wildman–Crippen MR) is 105 cm³/mol. The maximum absolute atomic E-state index is 12.8. The summed E-state index contributed by atoms with van der Waals surface area (Å²) in [4.78, 5) is 26.5. The summed E-state index contributed by atoms with van der Waals surface area (Å²) in [5.41, 5.74) is 0.325. The lowest BCUT2D eigenvalue weighted by molar-refractivity contribution is -0.137.